The monoisotopic (exact) mass is 287 g/mol. The molecule has 0 unspecified atom stereocenters. The van der Waals surface area contributed by atoms with Crippen LogP contribution in [0.5, 0.6) is 0 Å². The van der Waals surface area contributed by atoms with Crippen molar-refractivity contribution in [3.05, 3.63) is 24.3 Å². The van der Waals surface area contributed by atoms with Crippen LogP contribution < -0.4 is 10.6 Å². The van der Waals surface area contributed by atoms with Gasteiger partial charge in [0.15, 0.2) is 0 Å². The molecule has 21 heavy (non-hydrogen) atoms. The van der Waals surface area contributed by atoms with Crippen LogP contribution in [-0.2, 0) is 4.79 Å². The molecule has 4 nitrogen and oxygen atoms in total. The molecule has 3 rings (SSSR count). The first-order valence-electron chi connectivity index (χ1n) is 8.04. The third kappa shape index (κ3) is 4.21. The average molecular weight is 287 g/mol. The van der Waals surface area contributed by atoms with E-state index in [1.54, 1.807) is 0 Å². The van der Waals surface area contributed by atoms with Crippen molar-refractivity contribution in [1.29, 1.82) is 0 Å². The van der Waals surface area contributed by atoms with Crippen molar-refractivity contribution in [3.8, 4) is 0 Å². The van der Waals surface area contributed by atoms with Crippen LogP contribution in [0.2, 0.25) is 0 Å². The summed E-state index contributed by atoms with van der Waals surface area (Å²) in [6, 6.07) is 8.07. The molecule has 1 saturated carbocycles. The standard InChI is InChI=1S/C17H25N3O/c1-20-10-8-13(9-11-20)12-18-15-4-6-16(7-5-15)19-17(21)14-2-3-14/h4-7,13-14,18H,2-3,8-12H2,1H3,(H,19,21). The Labute approximate surface area is 126 Å². The molecule has 1 heterocycles. The van der Waals surface area contributed by atoms with E-state index in [0.717, 1.165) is 36.7 Å². The number of hydrogen-bond donors (Lipinski definition) is 2. The minimum absolute atomic E-state index is 0.169. The first-order chi connectivity index (χ1) is 10.2. The van der Waals surface area contributed by atoms with Gasteiger partial charge in [-0.25, -0.2) is 0 Å². The van der Waals surface area contributed by atoms with Crippen molar-refractivity contribution in [1.82, 2.24) is 4.90 Å². The number of carbonyl (C=O) groups excluding carboxylic acids is 1. The fourth-order valence-electron chi connectivity index (χ4n) is 2.79. The van der Waals surface area contributed by atoms with Gasteiger partial charge in [0.25, 0.3) is 0 Å². The lowest BCUT2D eigenvalue weighted by Gasteiger charge is -2.29. The number of amides is 1. The zero-order valence-corrected chi connectivity index (χ0v) is 12.8. The topological polar surface area (TPSA) is 44.4 Å². The second-order valence-corrected chi connectivity index (χ2v) is 6.47. The zero-order valence-electron chi connectivity index (χ0n) is 12.8. The van der Waals surface area contributed by atoms with Crippen LogP contribution in [0, 0.1) is 11.8 Å². The summed E-state index contributed by atoms with van der Waals surface area (Å²) in [6.45, 7) is 3.46. The van der Waals surface area contributed by atoms with Gasteiger partial charge in [0.05, 0.1) is 0 Å². The summed E-state index contributed by atoms with van der Waals surface area (Å²) < 4.78 is 0. The molecule has 1 aromatic carbocycles. The maximum Gasteiger partial charge on any atom is 0.227 e. The summed E-state index contributed by atoms with van der Waals surface area (Å²) in [4.78, 5) is 14.1. The third-order valence-electron chi connectivity index (χ3n) is 4.53. The van der Waals surface area contributed by atoms with Gasteiger partial charge in [-0.3, -0.25) is 4.79 Å². The molecule has 0 bridgehead atoms. The average Bonchev–Trinajstić information content (AvgIpc) is 3.33. The van der Waals surface area contributed by atoms with Crippen LogP contribution in [0.25, 0.3) is 0 Å². The lowest BCUT2D eigenvalue weighted by molar-refractivity contribution is -0.117. The van der Waals surface area contributed by atoms with Gasteiger partial charge in [-0.15, -0.1) is 0 Å². The van der Waals surface area contributed by atoms with E-state index < -0.39 is 0 Å². The normalized spacial score (nSPS) is 20.2. The van der Waals surface area contributed by atoms with Crippen LogP contribution in [0.1, 0.15) is 25.7 Å². The summed E-state index contributed by atoms with van der Waals surface area (Å²) in [5.74, 6) is 1.20. The number of benzene rings is 1. The quantitative estimate of drug-likeness (QED) is 0.875. The molecule has 0 spiro atoms. The highest BCUT2D eigenvalue weighted by atomic mass is 16.2. The highest BCUT2D eigenvalue weighted by Crippen LogP contribution is 2.30. The largest absolute Gasteiger partial charge is 0.385 e. The van der Waals surface area contributed by atoms with Gasteiger partial charge in [-0.1, -0.05) is 0 Å². The summed E-state index contributed by atoms with van der Waals surface area (Å²) >= 11 is 0. The molecule has 1 saturated heterocycles. The first kappa shape index (κ1) is 14.4. The molecule has 2 fully saturated rings. The van der Waals surface area contributed by atoms with Crippen molar-refractivity contribution in [2.75, 3.05) is 37.3 Å². The number of rotatable bonds is 5. The Bertz CT molecular complexity index is 473. The van der Waals surface area contributed by atoms with E-state index >= 15 is 0 Å². The van der Waals surface area contributed by atoms with Crippen molar-refractivity contribution in [2.24, 2.45) is 11.8 Å². The van der Waals surface area contributed by atoms with E-state index in [0.29, 0.717) is 0 Å². The SMILES string of the molecule is CN1CCC(CNc2ccc(NC(=O)C3CC3)cc2)CC1. The Balaban J connectivity index is 1.44. The fourth-order valence-corrected chi connectivity index (χ4v) is 2.79. The van der Waals surface area contributed by atoms with E-state index in [4.69, 9.17) is 0 Å². The van der Waals surface area contributed by atoms with Gasteiger partial charge in [0, 0.05) is 23.8 Å². The van der Waals surface area contributed by atoms with Crippen LogP contribution in [0.15, 0.2) is 24.3 Å². The maximum absolute atomic E-state index is 11.7. The zero-order chi connectivity index (χ0) is 14.7. The Kier molecular flexibility index (Phi) is 4.44. The number of piperidine rings is 1. The molecule has 1 amide bonds. The summed E-state index contributed by atoms with van der Waals surface area (Å²) in [5, 5.41) is 6.48. The fraction of sp³-hybridized carbons (Fsp3) is 0.588. The molecular formula is C17H25N3O. The molecule has 0 aromatic heterocycles. The Morgan fingerprint density at radius 1 is 1.10 bits per heavy atom. The van der Waals surface area contributed by atoms with Gasteiger partial charge in [0.1, 0.15) is 0 Å². The van der Waals surface area contributed by atoms with E-state index in [-0.39, 0.29) is 11.8 Å². The molecule has 1 aromatic rings. The predicted octanol–water partition coefficient (Wildman–Crippen LogP) is 2.79. The van der Waals surface area contributed by atoms with Crippen LogP contribution in [0.4, 0.5) is 11.4 Å². The van der Waals surface area contributed by atoms with E-state index in [9.17, 15) is 4.79 Å². The molecule has 114 valence electrons. The first-order valence-corrected chi connectivity index (χ1v) is 8.04. The van der Waals surface area contributed by atoms with Crippen molar-refractivity contribution < 1.29 is 4.79 Å². The Hall–Kier alpha value is -1.55. The number of carbonyl (C=O) groups is 1. The van der Waals surface area contributed by atoms with Crippen LogP contribution in [-0.4, -0.2) is 37.5 Å². The molecule has 4 heteroatoms. The molecule has 2 N–H and O–H groups in total. The van der Waals surface area contributed by atoms with Crippen molar-refractivity contribution in [3.63, 3.8) is 0 Å². The van der Waals surface area contributed by atoms with Gasteiger partial charge in [-0.2, -0.15) is 0 Å². The van der Waals surface area contributed by atoms with Crippen molar-refractivity contribution in [2.45, 2.75) is 25.7 Å². The Morgan fingerprint density at radius 3 is 2.33 bits per heavy atom. The molecule has 1 aliphatic carbocycles. The van der Waals surface area contributed by atoms with E-state index in [1.807, 2.05) is 12.1 Å². The lowest BCUT2D eigenvalue weighted by atomic mass is 9.97. The smallest absolute Gasteiger partial charge is 0.227 e. The van der Waals surface area contributed by atoms with Gasteiger partial charge < -0.3 is 15.5 Å². The van der Waals surface area contributed by atoms with Gasteiger partial charge in [-0.05, 0) is 76.0 Å². The third-order valence-corrected chi connectivity index (χ3v) is 4.53. The highest BCUT2D eigenvalue weighted by Gasteiger charge is 2.29. The van der Waals surface area contributed by atoms with Gasteiger partial charge in [0.2, 0.25) is 5.91 Å². The predicted molar refractivity (Wildman–Crippen MR) is 86.5 cm³/mol. The number of anilines is 2. The molecule has 1 aliphatic heterocycles. The minimum atomic E-state index is 0.169. The van der Waals surface area contributed by atoms with Crippen LogP contribution >= 0.6 is 0 Å². The molecule has 2 aliphatic rings. The number of likely N-dealkylation sites (tertiary alicyclic amines) is 1. The second kappa shape index (κ2) is 6.48. The summed E-state index contributed by atoms with van der Waals surface area (Å²) in [5.41, 5.74) is 2.04. The van der Waals surface area contributed by atoms with Gasteiger partial charge >= 0.3 is 0 Å². The number of hydrogen-bond acceptors (Lipinski definition) is 3. The van der Waals surface area contributed by atoms with E-state index in [2.05, 4.69) is 34.7 Å². The molecule has 0 radical (unpaired) electrons. The lowest BCUT2D eigenvalue weighted by Crippen LogP contribution is -2.32. The maximum atomic E-state index is 11.7. The second-order valence-electron chi connectivity index (χ2n) is 6.47. The highest BCUT2D eigenvalue weighted by molar-refractivity contribution is 5.94. The summed E-state index contributed by atoms with van der Waals surface area (Å²) in [7, 11) is 2.19. The van der Waals surface area contributed by atoms with Crippen molar-refractivity contribution >= 4 is 17.3 Å². The van der Waals surface area contributed by atoms with Crippen LogP contribution in [0.3, 0.4) is 0 Å². The molecule has 0 atom stereocenters. The minimum Gasteiger partial charge on any atom is -0.385 e. The summed E-state index contributed by atoms with van der Waals surface area (Å²) in [6.07, 6.45) is 4.64. The Morgan fingerprint density at radius 2 is 1.71 bits per heavy atom. The molecular weight excluding hydrogens is 262 g/mol. The number of nitrogens with one attached hydrogen (secondary N) is 2. The number of nitrogens with zero attached hydrogens (tertiary/aromatic N) is 1. The van der Waals surface area contributed by atoms with E-state index in [1.165, 1.54) is 25.9 Å².